The summed E-state index contributed by atoms with van der Waals surface area (Å²) in [5.74, 6) is -5.02. The third-order valence-electron chi connectivity index (χ3n) is 1.29. The molecule has 0 aliphatic rings. The zero-order valence-corrected chi connectivity index (χ0v) is 11.2. The van der Waals surface area contributed by atoms with Crippen molar-refractivity contribution in [3.05, 3.63) is 0 Å². The van der Waals surface area contributed by atoms with E-state index < -0.39 is 47.3 Å². The fourth-order valence-corrected chi connectivity index (χ4v) is 0.714. The SMILES string of the molecule is O=C(O)CC(O)(CC(=O)O)C(=O)O.[Cl][Co]([Cl])[Cl]. The quantitative estimate of drug-likeness (QED) is 0.572. The number of halogens is 3. The Hall–Kier alpha value is -0.254. The molecule has 0 aromatic carbocycles. The van der Waals surface area contributed by atoms with Crippen LogP contribution in [0.3, 0.4) is 0 Å². The van der Waals surface area contributed by atoms with Crippen LogP contribution in [0.25, 0.3) is 0 Å². The molecule has 0 aromatic heterocycles. The van der Waals surface area contributed by atoms with Gasteiger partial charge in [-0.1, -0.05) is 0 Å². The first-order valence-electron chi connectivity index (χ1n) is 3.55. The van der Waals surface area contributed by atoms with E-state index in [2.05, 4.69) is 0 Å². The van der Waals surface area contributed by atoms with Crippen molar-refractivity contribution >= 4 is 48.3 Å². The van der Waals surface area contributed by atoms with E-state index in [0.29, 0.717) is 0 Å². The van der Waals surface area contributed by atoms with Gasteiger partial charge in [-0.2, -0.15) is 0 Å². The standard InChI is InChI=1S/C6H8O7.3ClH.Co/c7-3(8)1-6(13,5(11)12)2-4(9)10;;;;/h13H,1-2H2,(H,7,8)(H,9,10)(H,11,12);3*1H;/q;;;;+3/p-3. The summed E-state index contributed by atoms with van der Waals surface area (Å²) in [4.78, 5) is 30.5. The molecule has 104 valence electrons. The summed E-state index contributed by atoms with van der Waals surface area (Å²) >= 11 is 0. The summed E-state index contributed by atoms with van der Waals surface area (Å²) in [5, 5.41) is 33.8. The van der Waals surface area contributed by atoms with Gasteiger partial charge in [-0.05, 0) is 0 Å². The van der Waals surface area contributed by atoms with Crippen LogP contribution in [0.2, 0.25) is 0 Å². The third-order valence-corrected chi connectivity index (χ3v) is 1.29. The zero-order valence-electron chi connectivity index (χ0n) is 7.90. The minimum absolute atomic E-state index is 1.14. The first kappa shape index (κ1) is 19.1. The van der Waals surface area contributed by atoms with Gasteiger partial charge in [-0.25, -0.2) is 4.79 Å². The van der Waals surface area contributed by atoms with Crippen LogP contribution in [0.1, 0.15) is 12.8 Å². The number of carboxylic acids is 3. The van der Waals surface area contributed by atoms with Crippen molar-refractivity contribution in [2.45, 2.75) is 18.4 Å². The topological polar surface area (TPSA) is 132 Å². The molecule has 0 saturated heterocycles. The minimum atomic E-state index is -2.74. The normalized spacial score (nSPS) is 10.9. The van der Waals surface area contributed by atoms with Gasteiger partial charge in [0.2, 0.25) is 0 Å². The summed E-state index contributed by atoms with van der Waals surface area (Å²) in [5.41, 5.74) is -2.74. The number of rotatable bonds is 5. The molecular formula is C6H8Cl3CoO7. The second kappa shape index (κ2) is 8.78. The fourth-order valence-electron chi connectivity index (χ4n) is 0.714. The van der Waals surface area contributed by atoms with Crippen LogP contribution in [0, 0.1) is 0 Å². The van der Waals surface area contributed by atoms with Crippen molar-refractivity contribution in [1.82, 2.24) is 0 Å². The van der Waals surface area contributed by atoms with Crippen LogP contribution in [-0.2, 0) is 25.3 Å². The molecule has 0 bridgehead atoms. The van der Waals surface area contributed by atoms with E-state index in [-0.39, 0.29) is 0 Å². The summed E-state index contributed by atoms with van der Waals surface area (Å²) in [6, 6.07) is 0. The third kappa shape index (κ3) is 12.0. The monoisotopic (exact) mass is 356 g/mol. The Morgan fingerprint density at radius 3 is 1.29 bits per heavy atom. The van der Waals surface area contributed by atoms with Gasteiger partial charge in [-0.3, -0.25) is 9.59 Å². The summed E-state index contributed by atoms with van der Waals surface area (Å²) in [7, 11) is 13.4. The van der Waals surface area contributed by atoms with Crippen molar-refractivity contribution in [3.63, 3.8) is 0 Å². The van der Waals surface area contributed by atoms with E-state index >= 15 is 0 Å². The second-order valence-corrected chi connectivity index (χ2v) is 7.78. The Morgan fingerprint density at radius 1 is 0.941 bits per heavy atom. The Kier molecular flexibility index (Phi) is 9.86. The molecule has 0 spiro atoms. The predicted octanol–water partition coefficient (Wildman–Crippen LogP) is 0.818. The molecule has 7 nitrogen and oxygen atoms in total. The Labute approximate surface area is 112 Å². The van der Waals surface area contributed by atoms with Crippen molar-refractivity contribution < 1.29 is 45.8 Å². The Balaban J connectivity index is 0. The van der Waals surface area contributed by atoms with Crippen LogP contribution >= 0.6 is 30.4 Å². The van der Waals surface area contributed by atoms with Crippen LogP contribution < -0.4 is 0 Å². The van der Waals surface area contributed by atoms with Gasteiger partial charge in [-0.15, -0.1) is 0 Å². The van der Waals surface area contributed by atoms with Crippen molar-refractivity contribution in [2.75, 3.05) is 0 Å². The van der Waals surface area contributed by atoms with E-state index in [4.69, 9.17) is 50.9 Å². The molecule has 0 aromatic rings. The Bertz CT molecular complexity index is 277. The molecule has 0 aliphatic carbocycles. The Morgan fingerprint density at radius 2 is 1.18 bits per heavy atom. The second-order valence-electron chi connectivity index (χ2n) is 2.62. The first-order valence-corrected chi connectivity index (χ1v) is 7.85. The molecular weight excluding hydrogens is 349 g/mol. The van der Waals surface area contributed by atoms with Crippen LogP contribution in [0.5, 0.6) is 0 Å². The maximum atomic E-state index is 10.3. The number of hydrogen-bond acceptors (Lipinski definition) is 4. The van der Waals surface area contributed by atoms with Gasteiger partial charge in [0, 0.05) is 0 Å². The molecule has 0 saturated carbocycles. The van der Waals surface area contributed by atoms with E-state index in [1.165, 1.54) is 0 Å². The molecule has 11 heteroatoms. The van der Waals surface area contributed by atoms with Gasteiger partial charge < -0.3 is 20.4 Å². The van der Waals surface area contributed by atoms with Gasteiger partial charge in [0.15, 0.2) is 5.60 Å². The number of carbonyl (C=O) groups is 3. The molecule has 0 amide bonds. The summed E-state index contributed by atoms with van der Waals surface area (Å²) in [6.07, 6.45) is -2.29. The van der Waals surface area contributed by atoms with E-state index in [9.17, 15) is 14.4 Å². The molecule has 0 fully saturated rings. The molecule has 0 radical (unpaired) electrons. The van der Waals surface area contributed by atoms with E-state index in [1.54, 1.807) is 0 Å². The van der Waals surface area contributed by atoms with E-state index in [0.717, 1.165) is 0 Å². The average molecular weight is 357 g/mol. The van der Waals surface area contributed by atoms with Gasteiger partial charge in [0.1, 0.15) is 0 Å². The number of aliphatic hydroxyl groups is 1. The van der Waals surface area contributed by atoms with Crippen LogP contribution in [0.15, 0.2) is 0 Å². The molecule has 0 atom stereocenters. The first-order chi connectivity index (χ1) is 7.51. The molecule has 4 N–H and O–H groups in total. The molecule has 17 heavy (non-hydrogen) atoms. The number of hydrogen-bond donors (Lipinski definition) is 4. The maximum absolute atomic E-state index is 10.3. The average Bonchev–Trinajstić information content (AvgIpc) is 1.98. The van der Waals surface area contributed by atoms with Crippen molar-refractivity contribution in [2.24, 2.45) is 0 Å². The summed E-state index contributed by atoms with van der Waals surface area (Å²) < 4.78 is 0. The molecule has 0 rings (SSSR count). The van der Waals surface area contributed by atoms with Crippen molar-refractivity contribution in [1.29, 1.82) is 0 Å². The van der Waals surface area contributed by atoms with E-state index in [1.807, 2.05) is 0 Å². The fraction of sp³-hybridized carbons (Fsp3) is 0.500. The van der Waals surface area contributed by atoms with Gasteiger partial charge in [0.05, 0.1) is 12.8 Å². The predicted molar refractivity (Wildman–Crippen MR) is 54.7 cm³/mol. The van der Waals surface area contributed by atoms with Gasteiger partial charge >= 0.3 is 59.3 Å². The van der Waals surface area contributed by atoms with Crippen LogP contribution in [0.4, 0.5) is 0 Å². The molecule has 0 heterocycles. The number of aliphatic carboxylic acids is 3. The van der Waals surface area contributed by atoms with Gasteiger partial charge in [0.25, 0.3) is 0 Å². The molecule has 0 aliphatic heterocycles. The van der Waals surface area contributed by atoms with Crippen molar-refractivity contribution in [3.8, 4) is 0 Å². The molecule has 0 unspecified atom stereocenters. The number of carboxylic acid groups (broad SMARTS) is 3. The zero-order chi connectivity index (χ0) is 14.2. The summed E-state index contributed by atoms with van der Waals surface area (Å²) in [6.45, 7) is 0. The van der Waals surface area contributed by atoms with Crippen LogP contribution in [-0.4, -0.2) is 43.9 Å².